The van der Waals surface area contributed by atoms with Crippen LogP contribution in [-0.2, 0) is 4.79 Å². The quantitative estimate of drug-likeness (QED) is 0.609. The van der Waals surface area contributed by atoms with Crippen molar-refractivity contribution in [3.05, 3.63) is 0 Å². The third-order valence-electron chi connectivity index (χ3n) is 2.30. The highest BCUT2D eigenvalue weighted by Gasteiger charge is 2.45. The van der Waals surface area contributed by atoms with E-state index in [-0.39, 0.29) is 12.4 Å². The first-order valence-electron chi connectivity index (χ1n) is 3.67. The molecule has 0 aromatic heterocycles. The van der Waals surface area contributed by atoms with Crippen LogP contribution in [0.1, 0.15) is 19.8 Å². The molecule has 1 rings (SSSR count). The van der Waals surface area contributed by atoms with E-state index in [0.717, 1.165) is 12.8 Å². The molecule has 1 aliphatic rings. The molecule has 0 heterocycles. The minimum atomic E-state index is -0.964. The maximum Gasteiger partial charge on any atom is 0.321 e. The van der Waals surface area contributed by atoms with Gasteiger partial charge in [0, 0.05) is 4.75 Å². The Morgan fingerprint density at radius 1 is 1.75 bits per heavy atom. The number of halogens is 1. The number of aliphatic carboxylic acids is 1. The van der Waals surface area contributed by atoms with Gasteiger partial charge in [-0.2, -0.15) is 12.6 Å². The third-order valence-corrected chi connectivity index (χ3v) is 2.94. The van der Waals surface area contributed by atoms with Gasteiger partial charge < -0.3 is 10.8 Å². The lowest BCUT2D eigenvalue weighted by molar-refractivity contribution is -0.139. The Labute approximate surface area is 83.5 Å². The van der Waals surface area contributed by atoms with Crippen molar-refractivity contribution in [2.24, 2.45) is 11.7 Å². The van der Waals surface area contributed by atoms with Crippen molar-refractivity contribution >= 4 is 31.0 Å². The largest absolute Gasteiger partial charge is 0.480 e. The summed E-state index contributed by atoms with van der Waals surface area (Å²) in [4.78, 5) is 10.5. The standard InChI is InChI=1S/C7H13NO2S.ClH/c1-7(11,4-2-3-4)5(8)6(9)10;/h4-5,11H,2-3,8H2,1H3,(H,9,10);1H. The summed E-state index contributed by atoms with van der Waals surface area (Å²) in [5.41, 5.74) is 5.46. The van der Waals surface area contributed by atoms with Crippen LogP contribution >= 0.6 is 25.0 Å². The second kappa shape index (κ2) is 3.85. The van der Waals surface area contributed by atoms with Crippen LogP contribution in [0, 0.1) is 5.92 Å². The van der Waals surface area contributed by atoms with Crippen LogP contribution in [0.4, 0.5) is 0 Å². The van der Waals surface area contributed by atoms with Gasteiger partial charge >= 0.3 is 5.97 Å². The Morgan fingerprint density at radius 3 is 2.42 bits per heavy atom. The van der Waals surface area contributed by atoms with Crippen molar-refractivity contribution in [2.45, 2.75) is 30.6 Å². The molecule has 0 radical (unpaired) electrons. The van der Waals surface area contributed by atoms with E-state index in [9.17, 15) is 4.79 Å². The highest BCUT2D eigenvalue weighted by atomic mass is 35.5. The van der Waals surface area contributed by atoms with Crippen molar-refractivity contribution in [1.29, 1.82) is 0 Å². The number of carbonyl (C=O) groups is 1. The van der Waals surface area contributed by atoms with Crippen LogP contribution in [0.5, 0.6) is 0 Å². The highest BCUT2D eigenvalue weighted by Crippen LogP contribution is 2.44. The monoisotopic (exact) mass is 211 g/mol. The number of thiol groups is 1. The number of carboxylic acids is 1. The predicted molar refractivity (Wildman–Crippen MR) is 53.0 cm³/mol. The number of carboxylic acid groups (broad SMARTS) is 1. The molecule has 0 spiro atoms. The molecule has 2 atom stereocenters. The molecule has 1 aliphatic carbocycles. The van der Waals surface area contributed by atoms with Crippen LogP contribution in [0.2, 0.25) is 0 Å². The normalized spacial score (nSPS) is 23.6. The zero-order valence-corrected chi connectivity index (χ0v) is 8.57. The molecule has 2 unspecified atom stereocenters. The van der Waals surface area contributed by atoms with E-state index in [4.69, 9.17) is 10.8 Å². The number of hydrogen-bond donors (Lipinski definition) is 3. The molecule has 12 heavy (non-hydrogen) atoms. The summed E-state index contributed by atoms with van der Waals surface area (Å²) in [7, 11) is 0. The van der Waals surface area contributed by atoms with Gasteiger partial charge in [-0.25, -0.2) is 0 Å². The lowest BCUT2D eigenvalue weighted by Crippen LogP contribution is -2.48. The molecule has 0 aromatic rings. The Balaban J connectivity index is 0.00000121. The van der Waals surface area contributed by atoms with E-state index in [1.807, 2.05) is 0 Å². The van der Waals surface area contributed by atoms with E-state index in [1.54, 1.807) is 6.92 Å². The van der Waals surface area contributed by atoms with Gasteiger partial charge in [0.25, 0.3) is 0 Å². The fraction of sp³-hybridized carbons (Fsp3) is 0.857. The lowest BCUT2D eigenvalue weighted by atomic mass is 9.96. The number of nitrogens with two attached hydrogens (primary N) is 1. The number of rotatable bonds is 3. The van der Waals surface area contributed by atoms with E-state index in [1.165, 1.54) is 0 Å². The van der Waals surface area contributed by atoms with Crippen molar-refractivity contribution < 1.29 is 9.90 Å². The van der Waals surface area contributed by atoms with E-state index in [2.05, 4.69) is 12.6 Å². The molecule has 0 bridgehead atoms. The summed E-state index contributed by atoms with van der Waals surface area (Å²) < 4.78 is -0.536. The first-order chi connectivity index (χ1) is 4.96. The number of hydrogen-bond acceptors (Lipinski definition) is 3. The topological polar surface area (TPSA) is 63.3 Å². The molecule has 0 saturated heterocycles. The van der Waals surface area contributed by atoms with Gasteiger partial charge in [-0.05, 0) is 25.7 Å². The Morgan fingerprint density at radius 2 is 2.17 bits per heavy atom. The maximum absolute atomic E-state index is 10.5. The molecular formula is C7H14ClNO2S. The van der Waals surface area contributed by atoms with Gasteiger partial charge in [0.15, 0.2) is 0 Å². The van der Waals surface area contributed by atoms with Gasteiger partial charge in [0.1, 0.15) is 6.04 Å². The summed E-state index contributed by atoms with van der Waals surface area (Å²) in [6.45, 7) is 1.80. The molecule has 0 amide bonds. The minimum absolute atomic E-state index is 0. The fourth-order valence-electron chi connectivity index (χ4n) is 1.17. The summed E-state index contributed by atoms with van der Waals surface area (Å²) in [6, 6.07) is -0.849. The average molecular weight is 212 g/mol. The second-order valence-corrected chi connectivity index (χ2v) is 4.28. The van der Waals surface area contributed by atoms with Gasteiger partial charge in [-0.3, -0.25) is 4.79 Å². The molecule has 72 valence electrons. The fourth-order valence-corrected chi connectivity index (χ4v) is 1.54. The zero-order chi connectivity index (χ0) is 8.65. The SMILES string of the molecule is CC(S)(C1CC1)C(N)C(=O)O.Cl. The Kier molecular flexibility index (Phi) is 3.87. The summed E-state index contributed by atoms with van der Waals surface area (Å²) in [5.74, 6) is -0.577. The smallest absolute Gasteiger partial charge is 0.321 e. The van der Waals surface area contributed by atoms with Crippen LogP contribution in [0.15, 0.2) is 0 Å². The first-order valence-corrected chi connectivity index (χ1v) is 4.11. The van der Waals surface area contributed by atoms with Crippen molar-refractivity contribution in [2.75, 3.05) is 0 Å². The summed E-state index contributed by atoms with van der Waals surface area (Å²) in [5, 5.41) is 8.62. The first kappa shape index (κ1) is 12.1. The van der Waals surface area contributed by atoms with E-state index in [0.29, 0.717) is 5.92 Å². The van der Waals surface area contributed by atoms with Crippen LogP contribution < -0.4 is 5.73 Å². The van der Waals surface area contributed by atoms with Gasteiger partial charge in [0.2, 0.25) is 0 Å². The molecular weight excluding hydrogens is 198 g/mol. The molecule has 1 fully saturated rings. The lowest BCUT2D eigenvalue weighted by Gasteiger charge is -2.27. The summed E-state index contributed by atoms with van der Waals surface area (Å²) in [6.07, 6.45) is 2.11. The minimum Gasteiger partial charge on any atom is -0.480 e. The van der Waals surface area contributed by atoms with E-state index >= 15 is 0 Å². The van der Waals surface area contributed by atoms with Crippen molar-refractivity contribution in [1.82, 2.24) is 0 Å². The van der Waals surface area contributed by atoms with Crippen LogP contribution in [-0.4, -0.2) is 21.9 Å². The summed E-state index contributed by atoms with van der Waals surface area (Å²) >= 11 is 4.27. The van der Waals surface area contributed by atoms with E-state index < -0.39 is 16.8 Å². The van der Waals surface area contributed by atoms with Gasteiger partial charge in [-0.1, -0.05) is 0 Å². The second-order valence-electron chi connectivity index (χ2n) is 3.32. The Bertz CT molecular complexity index is 182. The Hall–Kier alpha value is 0.0700. The molecule has 3 nitrogen and oxygen atoms in total. The molecule has 0 aromatic carbocycles. The maximum atomic E-state index is 10.5. The third kappa shape index (κ3) is 2.28. The van der Waals surface area contributed by atoms with Crippen LogP contribution in [0.25, 0.3) is 0 Å². The predicted octanol–water partition coefficient (Wildman–Crippen LogP) is 0.919. The van der Waals surface area contributed by atoms with Crippen LogP contribution in [0.3, 0.4) is 0 Å². The average Bonchev–Trinajstić information content (AvgIpc) is 2.66. The highest BCUT2D eigenvalue weighted by molar-refractivity contribution is 7.82. The van der Waals surface area contributed by atoms with Gasteiger partial charge in [-0.15, -0.1) is 12.4 Å². The van der Waals surface area contributed by atoms with Gasteiger partial charge in [0.05, 0.1) is 0 Å². The molecule has 5 heteroatoms. The van der Waals surface area contributed by atoms with Crippen molar-refractivity contribution in [3.8, 4) is 0 Å². The molecule has 3 N–H and O–H groups in total. The zero-order valence-electron chi connectivity index (χ0n) is 6.86. The van der Waals surface area contributed by atoms with Crippen molar-refractivity contribution in [3.63, 3.8) is 0 Å². The molecule has 1 saturated carbocycles. The molecule has 0 aliphatic heterocycles.